The maximum atomic E-state index is 14.2. The Morgan fingerprint density at radius 3 is 2.43 bits per heavy atom. The number of aryl methyl sites for hydroxylation is 2. The van der Waals surface area contributed by atoms with Gasteiger partial charge in [0.25, 0.3) is 5.56 Å². The summed E-state index contributed by atoms with van der Waals surface area (Å²) in [6, 6.07) is 14.7. The number of rotatable bonds is 7. The summed E-state index contributed by atoms with van der Waals surface area (Å²) in [6.45, 7) is 4.13. The van der Waals surface area contributed by atoms with Crippen molar-refractivity contribution < 1.29 is 9.50 Å². The summed E-state index contributed by atoms with van der Waals surface area (Å²) >= 11 is 3.17. The van der Waals surface area contributed by atoms with Crippen molar-refractivity contribution in [3.63, 3.8) is 0 Å². The maximum absolute atomic E-state index is 14.2. The fraction of sp³-hybridized carbons (Fsp3) is 0.286. The van der Waals surface area contributed by atoms with Gasteiger partial charge in [-0.05, 0) is 76.5 Å². The minimum atomic E-state index is -0.408. The molecule has 1 N–H and O–H groups in total. The number of pyridine rings is 1. The fourth-order valence-electron chi connectivity index (χ4n) is 4.58. The van der Waals surface area contributed by atoms with Gasteiger partial charge >= 0.3 is 0 Å². The van der Waals surface area contributed by atoms with Crippen molar-refractivity contribution in [1.29, 1.82) is 0 Å². The van der Waals surface area contributed by atoms with Crippen LogP contribution in [0.5, 0.6) is 5.75 Å². The molecule has 0 atom stereocenters. The molecule has 0 aliphatic heterocycles. The molecule has 7 heteroatoms. The lowest BCUT2D eigenvalue weighted by molar-refractivity contribution is 0.466. The van der Waals surface area contributed by atoms with Crippen LogP contribution in [-0.4, -0.2) is 19.5 Å². The Kier molecular flexibility index (Phi) is 6.36. The van der Waals surface area contributed by atoms with Gasteiger partial charge in [0.05, 0.1) is 27.5 Å². The number of hydrogen-bond acceptors (Lipinski definition) is 3. The van der Waals surface area contributed by atoms with Crippen molar-refractivity contribution in [3.05, 3.63) is 97.6 Å². The highest BCUT2D eigenvalue weighted by atomic mass is 79.9. The highest BCUT2D eigenvalue weighted by Crippen LogP contribution is 2.36. The predicted molar refractivity (Wildman–Crippen MR) is 139 cm³/mol. The second kappa shape index (κ2) is 9.46. The first-order valence-corrected chi connectivity index (χ1v) is 12.8. The van der Waals surface area contributed by atoms with Gasteiger partial charge in [-0.25, -0.2) is 4.39 Å². The molecule has 0 unspecified atom stereocenters. The van der Waals surface area contributed by atoms with Gasteiger partial charge in [0, 0.05) is 18.7 Å². The topological polar surface area (TPSA) is 60.1 Å². The molecule has 180 valence electrons. The van der Waals surface area contributed by atoms with Gasteiger partial charge < -0.3 is 5.11 Å². The molecule has 0 spiro atoms. The number of para-hydroxylation sites is 1. The zero-order valence-electron chi connectivity index (χ0n) is 19.8. The summed E-state index contributed by atoms with van der Waals surface area (Å²) in [7, 11) is 0. The van der Waals surface area contributed by atoms with Crippen LogP contribution >= 0.6 is 15.9 Å². The van der Waals surface area contributed by atoms with Crippen molar-refractivity contribution >= 4 is 15.9 Å². The van der Waals surface area contributed by atoms with E-state index in [4.69, 9.17) is 5.10 Å². The monoisotopic (exact) mass is 535 g/mol. The number of halogens is 2. The maximum Gasteiger partial charge on any atom is 0.262 e. The van der Waals surface area contributed by atoms with Gasteiger partial charge in [-0.15, -0.1) is 0 Å². The second-order valence-electron chi connectivity index (χ2n) is 9.00. The SMILES string of the molecule is CCc1cccc(CC)c1-n1c(-c2ccn(C3CC3)n2)cc(O)c(Cc2ccc(Br)c(F)c2)c1=O. The highest BCUT2D eigenvalue weighted by molar-refractivity contribution is 9.10. The number of aromatic hydroxyl groups is 1. The fourth-order valence-corrected chi connectivity index (χ4v) is 4.83. The van der Waals surface area contributed by atoms with Crippen LogP contribution in [0.3, 0.4) is 0 Å². The predicted octanol–water partition coefficient (Wildman–Crippen LogP) is 6.36. The van der Waals surface area contributed by atoms with Gasteiger partial charge in [-0.3, -0.25) is 14.0 Å². The van der Waals surface area contributed by atoms with E-state index in [1.54, 1.807) is 22.8 Å². The van der Waals surface area contributed by atoms with Crippen molar-refractivity contribution in [2.24, 2.45) is 0 Å². The minimum absolute atomic E-state index is 0.113. The van der Waals surface area contributed by atoms with E-state index >= 15 is 0 Å². The average Bonchev–Trinajstić information content (AvgIpc) is 3.59. The van der Waals surface area contributed by atoms with E-state index in [-0.39, 0.29) is 23.3 Å². The molecule has 1 aliphatic rings. The van der Waals surface area contributed by atoms with Crippen LogP contribution in [0.2, 0.25) is 0 Å². The summed E-state index contributed by atoms with van der Waals surface area (Å²) in [5.74, 6) is -0.522. The van der Waals surface area contributed by atoms with Gasteiger partial charge in [-0.2, -0.15) is 5.10 Å². The molecule has 5 rings (SSSR count). The lowest BCUT2D eigenvalue weighted by Crippen LogP contribution is -2.26. The largest absolute Gasteiger partial charge is 0.507 e. The van der Waals surface area contributed by atoms with Crippen molar-refractivity contribution in [2.75, 3.05) is 0 Å². The first kappa shape index (κ1) is 23.5. The minimum Gasteiger partial charge on any atom is -0.507 e. The Bertz CT molecular complexity index is 1450. The van der Waals surface area contributed by atoms with Crippen LogP contribution in [0, 0.1) is 5.82 Å². The van der Waals surface area contributed by atoms with Crippen LogP contribution in [0.1, 0.15) is 55.0 Å². The Hall–Kier alpha value is -3.19. The lowest BCUT2D eigenvalue weighted by atomic mass is 10.00. The molecule has 1 fully saturated rings. The average molecular weight is 536 g/mol. The molecular weight excluding hydrogens is 509 g/mol. The summed E-state index contributed by atoms with van der Waals surface area (Å²) in [5, 5.41) is 15.8. The van der Waals surface area contributed by atoms with Crippen LogP contribution < -0.4 is 5.56 Å². The molecule has 1 aliphatic carbocycles. The Morgan fingerprint density at radius 1 is 1.09 bits per heavy atom. The molecule has 1 saturated carbocycles. The zero-order chi connectivity index (χ0) is 24.7. The summed E-state index contributed by atoms with van der Waals surface area (Å²) in [6.07, 6.45) is 5.74. The van der Waals surface area contributed by atoms with E-state index in [0.717, 1.165) is 42.5 Å². The Labute approximate surface area is 212 Å². The first-order chi connectivity index (χ1) is 16.9. The Morgan fingerprint density at radius 2 is 1.80 bits per heavy atom. The highest BCUT2D eigenvalue weighted by Gasteiger charge is 2.26. The van der Waals surface area contributed by atoms with Crippen molar-refractivity contribution in [2.45, 2.75) is 52.0 Å². The molecule has 0 radical (unpaired) electrons. The summed E-state index contributed by atoms with van der Waals surface area (Å²) in [4.78, 5) is 14.1. The van der Waals surface area contributed by atoms with E-state index in [9.17, 15) is 14.3 Å². The molecule has 2 heterocycles. The van der Waals surface area contributed by atoms with E-state index < -0.39 is 5.82 Å². The smallest absolute Gasteiger partial charge is 0.262 e. The molecule has 4 aromatic rings. The number of nitrogens with zero attached hydrogens (tertiary/aromatic N) is 3. The van der Waals surface area contributed by atoms with E-state index in [0.29, 0.717) is 27.5 Å². The molecule has 2 aromatic carbocycles. The quantitative estimate of drug-likeness (QED) is 0.299. The van der Waals surface area contributed by atoms with Gasteiger partial charge in [0.15, 0.2) is 0 Å². The third-order valence-corrected chi connectivity index (χ3v) is 7.27. The summed E-state index contributed by atoms with van der Waals surface area (Å²) in [5.41, 5.74) is 4.62. The lowest BCUT2D eigenvalue weighted by Gasteiger charge is -2.20. The summed E-state index contributed by atoms with van der Waals surface area (Å²) < 4.78 is 18.2. The van der Waals surface area contributed by atoms with Crippen molar-refractivity contribution in [1.82, 2.24) is 14.3 Å². The van der Waals surface area contributed by atoms with E-state index in [1.807, 2.05) is 35.1 Å². The zero-order valence-corrected chi connectivity index (χ0v) is 21.3. The number of aromatic nitrogens is 3. The van der Waals surface area contributed by atoms with E-state index in [2.05, 4.69) is 29.8 Å². The molecule has 0 saturated heterocycles. The van der Waals surface area contributed by atoms with Crippen LogP contribution in [-0.2, 0) is 19.3 Å². The van der Waals surface area contributed by atoms with Crippen molar-refractivity contribution in [3.8, 4) is 22.8 Å². The third-order valence-electron chi connectivity index (χ3n) is 6.63. The Balaban J connectivity index is 1.75. The van der Waals surface area contributed by atoms with Crippen LogP contribution in [0.4, 0.5) is 4.39 Å². The molecular formula is C28H27BrFN3O2. The van der Waals surface area contributed by atoms with Gasteiger partial charge in [0.1, 0.15) is 17.3 Å². The molecule has 2 aromatic heterocycles. The second-order valence-corrected chi connectivity index (χ2v) is 9.86. The number of benzene rings is 2. The molecule has 5 nitrogen and oxygen atoms in total. The van der Waals surface area contributed by atoms with Gasteiger partial charge in [0.2, 0.25) is 0 Å². The molecule has 0 bridgehead atoms. The first-order valence-electron chi connectivity index (χ1n) is 12.0. The number of hydrogen-bond donors (Lipinski definition) is 1. The molecule has 0 amide bonds. The van der Waals surface area contributed by atoms with Crippen LogP contribution in [0.25, 0.3) is 17.1 Å². The standard InChI is InChI=1S/C28H27BrFN3O2/c1-3-18-6-5-7-19(4-2)27(18)33-25(24-12-13-32(31-24)20-9-10-20)16-26(34)21(28(33)35)14-17-8-11-22(29)23(30)15-17/h5-8,11-13,15-16,20,34H,3-4,9-10,14H2,1-2H3. The van der Waals surface area contributed by atoms with Gasteiger partial charge in [-0.1, -0.05) is 38.1 Å². The normalized spacial score (nSPS) is 13.4. The molecule has 35 heavy (non-hydrogen) atoms. The van der Waals surface area contributed by atoms with Crippen LogP contribution in [0.15, 0.2) is 64.0 Å². The van der Waals surface area contributed by atoms with E-state index in [1.165, 1.54) is 6.07 Å². The third kappa shape index (κ3) is 4.45.